The number of hydrogen-bond donors (Lipinski definition) is 1. The molecule has 0 radical (unpaired) electrons. The maximum atomic E-state index is 13.0. The molecule has 1 aliphatic heterocycles. The predicted octanol–water partition coefficient (Wildman–Crippen LogP) is 3.32. The quantitative estimate of drug-likeness (QED) is 0.732. The molecule has 9 heteroatoms. The van der Waals surface area contributed by atoms with Gasteiger partial charge in [-0.25, -0.2) is 8.42 Å². The minimum absolute atomic E-state index is 0. The van der Waals surface area contributed by atoms with E-state index in [-0.39, 0.29) is 18.4 Å². The molecule has 0 bridgehead atoms. The first-order chi connectivity index (χ1) is 12.1. The molecule has 3 aromatic rings. The number of nitrogens with zero attached hydrogens (tertiary/aromatic N) is 3. The number of H-pyrrole nitrogens is 1. The molecule has 1 saturated heterocycles. The van der Waals surface area contributed by atoms with Crippen LogP contribution in [0.25, 0.3) is 11.3 Å². The summed E-state index contributed by atoms with van der Waals surface area (Å²) in [4.78, 5) is 0.304. The summed E-state index contributed by atoms with van der Waals surface area (Å²) < 4.78 is 33.0. The Morgan fingerprint density at radius 2 is 2.04 bits per heavy atom. The molecule has 1 unspecified atom stereocenters. The zero-order valence-corrected chi connectivity index (χ0v) is 15.8. The highest BCUT2D eigenvalue weighted by atomic mass is 35.5. The Morgan fingerprint density at radius 1 is 1.27 bits per heavy atom. The lowest BCUT2D eigenvalue weighted by molar-refractivity contribution is 0.388. The molecule has 26 heavy (non-hydrogen) atoms. The normalized spacial score (nSPS) is 18.0. The fraction of sp³-hybridized carbons (Fsp3) is 0.294. The minimum Gasteiger partial charge on any atom is -0.356 e. The van der Waals surface area contributed by atoms with E-state index in [0.29, 0.717) is 17.2 Å². The van der Waals surface area contributed by atoms with Crippen molar-refractivity contribution in [2.24, 2.45) is 0 Å². The topological polar surface area (TPSA) is 92.1 Å². The van der Waals surface area contributed by atoms with Crippen molar-refractivity contribution >= 4 is 22.4 Å². The minimum atomic E-state index is -3.57. The maximum absolute atomic E-state index is 13.0. The third-order valence-electron chi connectivity index (χ3n) is 4.45. The number of aromatic nitrogens is 3. The zero-order chi connectivity index (χ0) is 17.4. The Morgan fingerprint density at radius 3 is 2.73 bits per heavy atom. The fourth-order valence-corrected chi connectivity index (χ4v) is 4.97. The van der Waals surface area contributed by atoms with Crippen LogP contribution in [-0.4, -0.2) is 34.6 Å². The van der Waals surface area contributed by atoms with Crippen LogP contribution in [0, 0.1) is 6.92 Å². The number of nitrogens with one attached hydrogen (secondary N) is 1. The number of rotatable bonds is 4. The van der Waals surface area contributed by atoms with Gasteiger partial charge in [-0.05, 0) is 31.9 Å². The Hall–Kier alpha value is -2.16. The van der Waals surface area contributed by atoms with E-state index in [9.17, 15) is 8.42 Å². The molecular weight excluding hydrogens is 376 g/mol. The highest BCUT2D eigenvalue weighted by Gasteiger charge is 2.38. The molecule has 0 saturated carbocycles. The predicted molar refractivity (Wildman–Crippen MR) is 98.4 cm³/mol. The third-order valence-corrected chi connectivity index (χ3v) is 6.37. The second-order valence-electron chi connectivity index (χ2n) is 6.12. The van der Waals surface area contributed by atoms with Crippen LogP contribution in [-0.2, 0) is 10.0 Å². The molecule has 4 rings (SSSR count). The molecule has 0 amide bonds. The van der Waals surface area contributed by atoms with Gasteiger partial charge in [0.2, 0.25) is 10.0 Å². The lowest BCUT2D eigenvalue weighted by atomic mass is 10.1. The van der Waals surface area contributed by atoms with E-state index in [0.717, 1.165) is 29.8 Å². The largest absolute Gasteiger partial charge is 0.356 e. The fourth-order valence-electron chi connectivity index (χ4n) is 3.28. The van der Waals surface area contributed by atoms with Crippen LogP contribution in [0.15, 0.2) is 52.0 Å². The van der Waals surface area contributed by atoms with Crippen LogP contribution in [0.4, 0.5) is 0 Å². The Bertz CT molecular complexity index is 984. The lowest BCUT2D eigenvalue weighted by Gasteiger charge is -2.23. The summed E-state index contributed by atoms with van der Waals surface area (Å²) in [5.41, 5.74) is 2.26. The summed E-state index contributed by atoms with van der Waals surface area (Å²) in [5, 5.41) is 11.0. The van der Waals surface area contributed by atoms with Crippen molar-refractivity contribution in [3.63, 3.8) is 0 Å². The average Bonchev–Trinajstić information content (AvgIpc) is 3.34. The molecule has 0 aliphatic carbocycles. The SMILES string of the molecule is Cc1cc(-c2cn[nH]c2C2CCCN2S(=O)(=O)c2ccccc2)on1.Cl. The number of hydrogen-bond acceptors (Lipinski definition) is 5. The van der Waals surface area contributed by atoms with Crippen molar-refractivity contribution in [1.82, 2.24) is 19.7 Å². The number of halogens is 1. The van der Waals surface area contributed by atoms with E-state index in [4.69, 9.17) is 4.52 Å². The van der Waals surface area contributed by atoms with Crippen molar-refractivity contribution < 1.29 is 12.9 Å². The van der Waals surface area contributed by atoms with Gasteiger partial charge in [0.25, 0.3) is 0 Å². The van der Waals surface area contributed by atoms with E-state index in [1.54, 1.807) is 40.8 Å². The van der Waals surface area contributed by atoms with Gasteiger partial charge in [-0.2, -0.15) is 9.40 Å². The Kier molecular flexibility index (Phi) is 5.17. The number of aromatic amines is 1. The lowest BCUT2D eigenvalue weighted by Crippen LogP contribution is -2.31. The first-order valence-electron chi connectivity index (χ1n) is 8.11. The molecule has 138 valence electrons. The van der Waals surface area contributed by atoms with Crippen molar-refractivity contribution in [2.45, 2.75) is 30.7 Å². The number of aryl methyl sites for hydroxylation is 1. The highest BCUT2D eigenvalue weighted by molar-refractivity contribution is 7.89. The van der Waals surface area contributed by atoms with Crippen LogP contribution >= 0.6 is 12.4 Å². The molecule has 0 spiro atoms. The van der Waals surface area contributed by atoms with Crippen LogP contribution in [0.1, 0.15) is 30.3 Å². The van der Waals surface area contributed by atoms with Gasteiger partial charge >= 0.3 is 0 Å². The van der Waals surface area contributed by atoms with E-state index in [1.165, 1.54) is 0 Å². The van der Waals surface area contributed by atoms with Gasteiger partial charge in [0.1, 0.15) is 0 Å². The van der Waals surface area contributed by atoms with Crippen LogP contribution in [0.2, 0.25) is 0 Å². The molecule has 1 aromatic carbocycles. The molecule has 1 fully saturated rings. The van der Waals surface area contributed by atoms with Gasteiger partial charge in [0.15, 0.2) is 5.76 Å². The smallest absolute Gasteiger partial charge is 0.243 e. The summed E-state index contributed by atoms with van der Waals surface area (Å²) in [6.07, 6.45) is 3.18. The van der Waals surface area contributed by atoms with E-state index >= 15 is 0 Å². The van der Waals surface area contributed by atoms with Crippen LogP contribution in [0.5, 0.6) is 0 Å². The second-order valence-corrected chi connectivity index (χ2v) is 8.01. The van der Waals surface area contributed by atoms with E-state index < -0.39 is 10.0 Å². The molecular formula is C17H19ClN4O3S. The Labute approximate surface area is 157 Å². The maximum Gasteiger partial charge on any atom is 0.243 e. The highest BCUT2D eigenvalue weighted by Crippen LogP contribution is 2.39. The average molecular weight is 395 g/mol. The first-order valence-corrected chi connectivity index (χ1v) is 9.55. The molecule has 7 nitrogen and oxygen atoms in total. The molecule has 1 aliphatic rings. The van der Waals surface area contributed by atoms with Crippen molar-refractivity contribution in [1.29, 1.82) is 0 Å². The molecule has 1 N–H and O–H groups in total. The van der Waals surface area contributed by atoms with Crippen LogP contribution in [0.3, 0.4) is 0 Å². The monoisotopic (exact) mass is 394 g/mol. The first kappa shape index (κ1) is 18.6. The molecule has 1 atom stereocenters. The van der Waals surface area contributed by atoms with Crippen molar-refractivity contribution in [3.8, 4) is 11.3 Å². The summed E-state index contributed by atoms with van der Waals surface area (Å²) in [7, 11) is -3.57. The van der Waals surface area contributed by atoms with Crippen molar-refractivity contribution in [2.75, 3.05) is 6.54 Å². The summed E-state index contributed by atoms with van der Waals surface area (Å²) in [6, 6.07) is 10.0. The van der Waals surface area contributed by atoms with Crippen molar-refractivity contribution in [3.05, 3.63) is 54.0 Å². The number of benzene rings is 1. The third kappa shape index (κ3) is 3.15. The summed E-state index contributed by atoms with van der Waals surface area (Å²) >= 11 is 0. The second kappa shape index (κ2) is 7.22. The van der Waals surface area contributed by atoms with Gasteiger partial charge in [-0.1, -0.05) is 23.4 Å². The van der Waals surface area contributed by atoms with Gasteiger partial charge in [-0.15, -0.1) is 12.4 Å². The molecule has 2 aromatic heterocycles. The zero-order valence-electron chi connectivity index (χ0n) is 14.1. The van der Waals surface area contributed by atoms with Gasteiger partial charge < -0.3 is 4.52 Å². The standard InChI is InChI=1S/C17H18N4O3S.ClH/c1-12-10-16(24-20-12)14-11-18-19-17(14)15-8-5-9-21(15)25(22,23)13-6-3-2-4-7-13;/h2-4,6-7,10-11,15H,5,8-9H2,1H3,(H,18,19);1H. The molecule has 3 heterocycles. The van der Waals surface area contributed by atoms with E-state index in [2.05, 4.69) is 15.4 Å². The number of sulfonamides is 1. The van der Waals surface area contributed by atoms with Gasteiger partial charge in [0.05, 0.1) is 34.1 Å². The van der Waals surface area contributed by atoms with Crippen LogP contribution < -0.4 is 0 Å². The van der Waals surface area contributed by atoms with E-state index in [1.807, 2.05) is 13.0 Å². The Balaban J connectivity index is 0.00000196. The summed E-state index contributed by atoms with van der Waals surface area (Å²) in [6.45, 7) is 2.32. The van der Waals surface area contributed by atoms with Gasteiger partial charge in [-0.3, -0.25) is 5.10 Å². The summed E-state index contributed by atoms with van der Waals surface area (Å²) in [5.74, 6) is 0.588. The van der Waals surface area contributed by atoms with Gasteiger partial charge in [0, 0.05) is 12.6 Å².